The summed E-state index contributed by atoms with van der Waals surface area (Å²) in [5.41, 5.74) is 4.92. The quantitative estimate of drug-likeness (QED) is 0.364. The lowest BCUT2D eigenvalue weighted by Gasteiger charge is -2.14. The third kappa shape index (κ3) is 6.29. The van der Waals surface area contributed by atoms with Crippen molar-refractivity contribution in [3.8, 4) is 21.9 Å². The predicted molar refractivity (Wildman–Crippen MR) is 145 cm³/mol. The highest BCUT2D eigenvalue weighted by Crippen LogP contribution is 2.40. The molecule has 0 bridgehead atoms. The molecule has 4 rings (SSSR count). The second-order valence-corrected chi connectivity index (χ2v) is 9.85. The number of halogens is 1. The summed E-state index contributed by atoms with van der Waals surface area (Å²) in [4.78, 5) is 5.01. The Balaban J connectivity index is 0.00000324. The van der Waals surface area contributed by atoms with E-state index in [9.17, 15) is 0 Å². The zero-order chi connectivity index (χ0) is 23.2. The molecule has 1 aromatic heterocycles. The first-order valence-electron chi connectivity index (χ1n) is 10.7. The van der Waals surface area contributed by atoms with E-state index in [1.54, 1.807) is 37.3 Å². The Morgan fingerprint density at radius 1 is 0.824 bits per heavy atom. The van der Waals surface area contributed by atoms with Gasteiger partial charge in [0, 0.05) is 33.1 Å². The van der Waals surface area contributed by atoms with Crippen molar-refractivity contribution in [1.82, 2.24) is 0 Å². The first-order valence-corrected chi connectivity index (χ1v) is 12.4. The van der Waals surface area contributed by atoms with Crippen LogP contribution in [0.1, 0.15) is 24.3 Å². The Labute approximate surface area is 221 Å². The average Bonchev–Trinajstić information content (AvgIpc) is 2.89. The van der Waals surface area contributed by atoms with Crippen LogP contribution < -0.4 is 26.5 Å². The Bertz CT molecular complexity index is 1250. The van der Waals surface area contributed by atoms with Gasteiger partial charge >= 0.3 is 0 Å². The van der Waals surface area contributed by atoms with Crippen LogP contribution in [0.4, 0.5) is 0 Å². The number of hydrogen-bond donors (Lipinski definition) is 0. The minimum Gasteiger partial charge on any atom is -1.00 e. The van der Waals surface area contributed by atoms with E-state index in [2.05, 4.69) is 80.6 Å². The molecule has 0 amide bonds. The fraction of sp³-hybridized carbons (Fsp3) is 0.138. The van der Waals surface area contributed by atoms with E-state index in [0.717, 1.165) is 11.5 Å². The summed E-state index contributed by atoms with van der Waals surface area (Å²) in [5.74, 6) is 1.75. The van der Waals surface area contributed by atoms with E-state index in [1.807, 2.05) is 24.3 Å². The predicted octanol–water partition coefficient (Wildman–Crippen LogP) is 5.74. The highest BCUT2D eigenvalue weighted by molar-refractivity contribution is 8.12. The maximum absolute atomic E-state index is 5.29. The number of thioether (sulfide) groups is 1. The van der Waals surface area contributed by atoms with E-state index in [1.165, 1.54) is 41.8 Å². The molecular weight excluding hydrogens is 524 g/mol. The summed E-state index contributed by atoms with van der Waals surface area (Å²) in [6.07, 6.45) is 8.77. The van der Waals surface area contributed by atoms with Crippen molar-refractivity contribution in [2.24, 2.45) is 0 Å². The van der Waals surface area contributed by atoms with Crippen LogP contribution in [0.5, 0.6) is 11.5 Å². The molecule has 174 valence electrons. The zero-order valence-corrected chi connectivity index (χ0v) is 22.9. The molecule has 2 aromatic carbocycles. The minimum atomic E-state index is 0. The van der Waals surface area contributed by atoms with Crippen LogP contribution in [-0.2, 0) is 0 Å². The van der Waals surface area contributed by atoms with E-state index in [4.69, 9.17) is 9.47 Å². The summed E-state index contributed by atoms with van der Waals surface area (Å²) < 4.78 is 10.6. The van der Waals surface area contributed by atoms with Gasteiger partial charge in [-0.3, -0.25) is 0 Å². The SMILES string of the molecule is COc1ccc(C2=CC=C/C(=C(C)\C=C(/C)c3cccc(-c4ccc(OC)cc4)[s+]3)S2)cc1.[Br-]. The molecule has 0 saturated heterocycles. The molecule has 0 spiro atoms. The van der Waals surface area contributed by atoms with E-state index in [-0.39, 0.29) is 17.0 Å². The van der Waals surface area contributed by atoms with Crippen molar-refractivity contribution in [3.05, 3.63) is 112 Å². The molecule has 1 aliphatic heterocycles. The van der Waals surface area contributed by atoms with Gasteiger partial charge < -0.3 is 26.5 Å². The van der Waals surface area contributed by atoms with Crippen molar-refractivity contribution in [2.75, 3.05) is 14.2 Å². The van der Waals surface area contributed by atoms with Gasteiger partial charge in [0.05, 0.1) is 14.2 Å². The molecule has 5 heteroatoms. The first kappa shape index (κ1) is 26.0. The standard InChI is InChI=1S/C29H27O2S2.BrH/c1-20(26-7-5-9-28(32-26)22-11-15-24(30-3)16-12-22)19-21(2)27-8-6-10-29(33-27)23-13-17-25(31-4)18-14-23;/h5-19H,1-4H3;1H/q+1;/p-1. The van der Waals surface area contributed by atoms with E-state index in [0.29, 0.717) is 0 Å². The Kier molecular flexibility index (Phi) is 9.34. The molecule has 0 saturated carbocycles. The molecule has 34 heavy (non-hydrogen) atoms. The zero-order valence-electron chi connectivity index (χ0n) is 19.7. The van der Waals surface area contributed by atoms with Crippen molar-refractivity contribution in [3.63, 3.8) is 0 Å². The lowest BCUT2D eigenvalue weighted by molar-refractivity contribution is -0.00000700. The maximum Gasteiger partial charge on any atom is 0.238 e. The summed E-state index contributed by atoms with van der Waals surface area (Å²) in [6.45, 7) is 4.37. The van der Waals surface area contributed by atoms with Crippen LogP contribution in [0.15, 0.2) is 102 Å². The topological polar surface area (TPSA) is 18.5 Å². The Morgan fingerprint density at radius 2 is 1.44 bits per heavy atom. The number of allylic oxidation sites excluding steroid dienone is 6. The van der Waals surface area contributed by atoms with Gasteiger partial charge in [-0.05, 0) is 79.6 Å². The van der Waals surface area contributed by atoms with Crippen LogP contribution in [-0.4, -0.2) is 14.2 Å². The molecule has 0 atom stereocenters. The van der Waals surface area contributed by atoms with Gasteiger partial charge in [-0.15, -0.1) is 0 Å². The second-order valence-electron chi connectivity index (χ2n) is 7.68. The molecule has 0 unspecified atom stereocenters. The summed E-state index contributed by atoms with van der Waals surface area (Å²) in [6, 6.07) is 22.9. The molecule has 2 nitrogen and oxygen atoms in total. The van der Waals surface area contributed by atoms with Crippen LogP contribution in [0.3, 0.4) is 0 Å². The van der Waals surface area contributed by atoms with Gasteiger partial charge in [0.15, 0.2) is 0 Å². The minimum absolute atomic E-state index is 0. The Morgan fingerprint density at radius 3 is 2.06 bits per heavy atom. The van der Waals surface area contributed by atoms with Crippen molar-refractivity contribution >= 4 is 33.6 Å². The van der Waals surface area contributed by atoms with Crippen LogP contribution in [0, 0.1) is 0 Å². The molecule has 0 aliphatic carbocycles. The monoisotopic (exact) mass is 550 g/mol. The van der Waals surface area contributed by atoms with E-state index < -0.39 is 0 Å². The molecule has 1 aliphatic rings. The number of benzene rings is 2. The maximum atomic E-state index is 5.29. The molecule has 3 aromatic rings. The average molecular weight is 552 g/mol. The summed E-state index contributed by atoms with van der Waals surface area (Å²) in [5, 5.41) is 0. The van der Waals surface area contributed by atoms with Gasteiger partial charge in [0.25, 0.3) is 0 Å². The van der Waals surface area contributed by atoms with E-state index >= 15 is 0 Å². The normalized spacial score (nSPS) is 14.7. The number of methoxy groups -OCH3 is 2. The molecular formula is C29H27BrO2S2. The van der Waals surface area contributed by atoms with Gasteiger partial charge in [-0.25, -0.2) is 0 Å². The Hall–Kier alpha value is -2.60. The molecule has 0 radical (unpaired) electrons. The van der Waals surface area contributed by atoms with Crippen LogP contribution >= 0.6 is 23.1 Å². The lowest BCUT2D eigenvalue weighted by Crippen LogP contribution is -3.00. The largest absolute Gasteiger partial charge is 1.00 e. The number of rotatable bonds is 6. The van der Waals surface area contributed by atoms with Gasteiger partial charge in [-0.2, -0.15) is 0 Å². The first-order chi connectivity index (χ1) is 16.1. The number of hydrogen-bond acceptors (Lipinski definition) is 3. The molecule has 0 fully saturated rings. The third-order valence-corrected chi connectivity index (χ3v) is 7.93. The third-order valence-electron chi connectivity index (χ3n) is 5.39. The lowest BCUT2D eigenvalue weighted by atomic mass is 10.1. The highest BCUT2D eigenvalue weighted by atomic mass is 79.9. The van der Waals surface area contributed by atoms with Gasteiger partial charge in [0.1, 0.15) is 11.5 Å². The highest BCUT2D eigenvalue weighted by Gasteiger charge is 2.16. The second kappa shape index (κ2) is 12.2. The fourth-order valence-corrected chi connectivity index (χ4v) is 5.54. The van der Waals surface area contributed by atoms with Gasteiger partial charge in [-0.1, -0.05) is 36.0 Å². The molecule has 0 N–H and O–H groups in total. The van der Waals surface area contributed by atoms with Crippen molar-refractivity contribution in [2.45, 2.75) is 13.8 Å². The summed E-state index contributed by atoms with van der Waals surface area (Å²) >= 11 is 3.61. The molecule has 2 heterocycles. The van der Waals surface area contributed by atoms with Crippen molar-refractivity contribution in [1.29, 1.82) is 0 Å². The smallest absolute Gasteiger partial charge is 0.238 e. The van der Waals surface area contributed by atoms with Gasteiger partial charge in [0.2, 0.25) is 21.1 Å². The van der Waals surface area contributed by atoms with Crippen molar-refractivity contribution < 1.29 is 26.5 Å². The number of ether oxygens (including phenoxy) is 2. The summed E-state index contributed by atoms with van der Waals surface area (Å²) in [7, 11) is 3.39. The van der Waals surface area contributed by atoms with Crippen LogP contribution in [0.2, 0.25) is 0 Å². The van der Waals surface area contributed by atoms with Crippen LogP contribution in [0.25, 0.3) is 20.9 Å². The fourth-order valence-electron chi connectivity index (χ4n) is 3.53.